The quantitative estimate of drug-likeness (QED) is 0.202. The van der Waals surface area contributed by atoms with E-state index in [4.69, 9.17) is 11.5 Å². The second-order valence-electron chi connectivity index (χ2n) is 12.5. The van der Waals surface area contributed by atoms with E-state index in [1.165, 1.54) is 0 Å². The zero-order valence-corrected chi connectivity index (χ0v) is 23.5. The van der Waals surface area contributed by atoms with Gasteiger partial charge in [0.15, 0.2) is 23.0 Å². The third kappa shape index (κ3) is 4.17. The molecule has 1 aromatic rings. The molecular weight excluding hydrogens is 534 g/mol. The SMILES string of the molecule is CN(C)c1cc(CNC(=O)C2(N)CC2)c(O)c2c1C[C@@H]1C[C@@H]3[C@@H](N(C)C)C(O)C(C(N)=O)C(=O)[C@]3(O)C(=O)C1C2=O. The number of ketones is 3. The molecule has 13 nitrogen and oxygen atoms in total. The van der Waals surface area contributed by atoms with E-state index < -0.39 is 76.0 Å². The summed E-state index contributed by atoms with van der Waals surface area (Å²) in [6.07, 6.45) is -0.259. The number of Topliss-reactive ketones (excluding diaryl/α,β-unsaturated/α-hetero) is 3. The van der Waals surface area contributed by atoms with Crippen molar-refractivity contribution in [2.75, 3.05) is 33.1 Å². The topological polar surface area (TPSA) is 217 Å². The van der Waals surface area contributed by atoms with Gasteiger partial charge in [0.1, 0.15) is 11.7 Å². The minimum atomic E-state index is -2.73. The second-order valence-corrected chi connectivity index (χ2v) is 12.5. The van der Waals surface area contributed by atoms with E-state index in [2.05, 4.69) is 5.32 Å². The van der Waals surface area contributed by atoms with Crippen molar-refractivity contribution in [1.82, 2.24) is 10.2 Å². The first-order valence-electron chi connectivity index (χ1n) is 13.7. The lowest BCUT2D eigenvalue weighted by Crippen LogP contribution is -2.75. The van der Waals surface area contributed by atoms with E-state index in [1.54, 1.807) is 44.1 Å². The molecule has 0 heterocycles. The lowest BCUT2D eigenvalue weighted by molar-refractivity contribution is -0.190. The molecule has 5 rings (SSSR count). The average Bonchev–Trinajstić information content (AvgIpc) is 3.63. The number of hydrogen-bond acceptors (Lipinski definition) is 11. The van der Waals surface area contributed by atoms with Gasteiger partial charge in [-0.25, -0.2) is 0 Å². The van der Waals surface area contributed by atoms with Gasteiger partial charge in [0.05, 0.1) is 23.1 Å². The highest BCUT2D eigenvalue weighted by atomic mass is 16.3. The number of rotatable bonds is 6. The molecule has 2 amide bonds. The molecule has 0 radical (unpaired) electrons. The van der Waals surface area contributed by atoms with Gasteiger partial charge in [-0.15, -0.1) is 0 Å². The van der Waals surface area contributed by atoms with Crippen LogP contribution in [-0.2, 0) is 32.1 Å². The Morgan fingerprint density at radius 3 is 2.29 bits per heavy atom. The summed E-state index contributed by atoms with van der Waals surface area (Å²) in [4.78, 5) is 69.5. The minimum absolute atomic E-state index is 0.0270. The molecule has 3 saturated carbocycles. The fourth-order valence-corrected chi connectivity index (χ4v) is 7.17. The fourth-order valence-electron chi connectivity index (χ4n) is 7.17. The number of amides is 2. The number of hydrogen-bond donors (Lipinski definition) is 6. The zero-order chi connectivity index (χ0) is 30.3. The van der Waals surface area contributed by atoms with Crippen LogP contribution in [0.1, 0.15) is 40.7 Å². The Labute approximate surface area is 236 Å². The van der Waals surface area contributed by atoms with Crippen molar-refractivity contribution < 1.29 is 39.3 Å². The number of phenolic OH excluding ortho intramolecular Hbond substituents is 1. The molecule has 4 aliphatic carbocycles. The first kappa shape index (κ1) is 29.1. The van der Waals surface area contributed by atoms with Crippen LogP contribution >= 0.6 is 0 Å². The van der Waals surface area contributed by atoms with E-state index in [1.807, 2.05) is 0 Å². The van der Waals surface area contributed by atoms with Crippen LogP contribution in [0.2, 0.25) is 0 Å². The van der Waals surface area contributed by atoms with Gasteiger partial charge in [-0.1, -0.05) is 0 Å². The molecule has 0 spiro atoms. The number of aliphatic hydroxyl groups is 2. The molecule has 13 heteroatoms. The van der Waals surface area contributed by atoms with Gasteiger partial charge in [0.25, 0.3) is 0 Å². The van der Waals surface area contributed by atoms with Crippen LogP contribution in [0, 0.1) is 23.7 Å². The third-order valence-electron chi connectivity index (χ3n) is 9.51. The number of benzene rings is 1. The maximum Gasteiger partial charge on any atom is 0.240 e. The van der Waals surface area contributed by atoms with Crippen molar-refractivity contribution in [2.45, 2.75) is 55.5 Å². The van der Waals surface area contributed by atoms with Crippen LogP contribution in [0.5, 0.6) is 5.75 Å². The largest absolute Gasteiger partial charge is 0.507 e. The molecule has 0 saturated heterocycles. The van der Waals surface area contributed by atoms with E-state index in [0.29, 0.717) is 24.1 Å². The molecule has 8 N–H and O–H groups in total. The number of nitrogens with one attached hydrogen (secondary N) is 1. The van der Waals surface area contributed by atoms with Crippen LogP contribution in [0.3, 0.4) is 0 Å². The molecule has 3 fully saturated rings. The van der Waals surface area contributed by atoms with E-state index in [9.17, 15) is 39.3 Å². The second kappa shape index (κ2) is 9.58. The highest BCUT2D eigenvalue weighted by molar-refractivity contribution is 6.25. The Bertz CT molecular complexity index is 1370. The predicted octanol–water partition coefficient (Wildman–Crippen LogP) is -2.17. The van der Waals surface area contributed by atoms with E-state index in [0.717, 1.165) is 0 Å². The average molecular weight is 572 g/mol. The minimum Gasteiger partial charge on any atom is -0.507 e. The molecule has 7 atom stereocenters. The fraction of sp³-hybridized carbons (Fsp3) is 0.607. The number of nitrogens with two attached hydrogens (primary N) is 2. The Morgan fingerprint density at radius 2 is 1.76 bits per heavy atom. The van der Waals surface area contributed by atoms with Gasteiger partial charge in [0.2, 0.25) is 11.8 Å². The van der Waals surface area contributed by atoms with Crippen molar-refractivity contribution in [3.63, 3.8) is 0 Å². The molecule has 0 bridgehead atoms. The lowest BCUT2D eigenvalue weighted by Gasteiger charge is -2.55. The molecule has 41 heavy (non-hydrogen) atoms. The van der Waals surface area contributed by atoms with Crippen LogP contribution < -0.4 is 21.7 Å². The summed E-state index contributed by atoms with van der Waals surface area (Å²) in [6, 6.07) is 0.703. The van der Waals surface area contributed by atoms with Crippen LogP contribution in [0.4, 0.5) is 5.69 Å². The summed E-state index contributed by atoms with van der Waals surface area (Å²) in [7, 11) is 6.71. The Hall–Kier alpha value is -3.39. The van der Waals surface area contributed by atoms with Crippen molar-refractivity contribution in [2.24, 2.45) is 35.1 Å². The van der Waals surface area contributed by atoms with Crippen molar-refractivity contribution in [3.05, 3.63) is 22.8 Å². The van der Waals surface area contributed by atoms with E-state index in [-0.39, 0.29) is 36.4 Å². The zero-order valence-electron chi connectivity index (χ0n) is 23.5. The number of carbonyl (C=O) groups excluding carboxylic acids is 5. The first-order chi connectivity index (χ1) is 19.1. The number of phenols is 1. The number of nitrogens with zero attached hydrogens (tertiary/aromatic N) is 2. The summed E-state index contributed by atoms with van der Waals surface area (Å²) in [5.41, 5.74) is 8.96. The smallest absolute Gasteiger partial charge is 0.240 e. The van der Waals surface area contributed by atoms with Crippen molar-refractivity contribution in [1.29, 1.82) is 0 Å². The normalized spacial score (nSPS) is 33.5. The van der Waals surface area contributed by atoms with Crippen LogP contribution in [-0.4, -0.2) is 101 Å². The lowest BCUT2D eigenvalue weighted by atomic mass is 9.52. The standard InChI is InChI=1S/C28H37N5O8/c1-32(2)15-9-12(10-31-26(40)27(30)5-6-27)20(34)17-13(15)7-11-8-14-19(33(3)4)22(36)18(25(29)39)24(38)28(14,41)23(37)16(11)21(17)35/h9,11,14,16,18-19,22,34,36,41H,5-8,10,30H2,1-4H3,(H2,29,39)(H,31,40)/t11-,14-,16?,18?,19-,22?,28-/m1/s1. The third-order valence-corrected chi connectivity index (χ3v) is 9.51. The summed E-state index contributed by atoms with van der Waals surface area (Å²) >= 11 is 0. The first-order valence-corrected chi connectivity index (χ1v) is 13.7. The number of aliphatic hydroxyl groups excluding tert-OH is 1. The summed E-state index contributed by atoms with van der Waals surface area (Å²) in [6.45, 7) is -0.111. The molecule has 222 valence electrons. The number of likely N-dealkylation sites (N-methyl/N-ethyl adjacent to an activating group) is 1. The molecule has 4 aliphatic rings. The molecule has 0 aromatic heterocycles. The van der Waals surface area contributed by atoms with Gasteiger partial charge in [-0.05, 0) is 57.3 Å². The number of anilines is 1. The highest BCUT2D eigenvalue weighted by Gasteiger charge is 2.69. The summed E-state index contributed by atoms with van der Waals surface area (Å²) in [5.74, 6) is -10.0. The number of fused-ring (bicyclic) bond motifs is 3. The van der Waals surface area contributed by atoms with Crippen molar-refractivity contribution in [3.8, 4) is 5.75 Å². The van der Waals surface area contributed by atoms with Gasteiger partial charge in [-0.2, -0.15) is 0 Å². The maximum absolute atomic E-state index is 14.1. The number of primary amides is 1. The monoisotopic (exact) mass is 571 g/mol. The maximum atomic E-state index is 14.1. The highest BCUT2D eigenvalue weighted by Crippen LogP contribution is 2.52. The van der Waals surface area contributed by atoms with Gasteiger partial charge in [0, 0.05) is 43.9 Å². The molecule has 3 unspecified atom stereocenters. The van der Waals surface area contributed by atoms with Crippen LogP contribution in [0.15, 0.2) is 6.07 Å². The van der Waals surface area contributed by atoms with E-state index >= 15 is 0 Å². The van der Waals surface area contributed by atoms with Crippen molar-refractivity contribution >= 4 is 34.9 Å². The molecule has 0 aliphatic heterocycles. The predicted molar refractivity (Wildman–Crippen MR) is 145 cm³/mol. The number of carbonyl (C=O) groups is 5. The number of aromatic hydroxyl groups is 1. The Morgan fingerprint density at radius 1 is 1.12 bits per heavy atom. The Kier molecular flexibility index (Phi) is 6.80. The van der Waals surface area contributed by atoms with Crippen LogP contribution in [0.25, 0.3) is 0 Å². The molecule has 1 aromatic carbocycles. The van der Waals surface area contributed by atoms with Gasteiger partial charge < -0.3 is 41.9 Å². The molecular formula is C28H37N5O8. The van der Waals surface area contributed by atoms with Gasteiger partial charge >= 0.3 is 0 Å². The van der Waals surface area contributed by atoms with Gasteiger partial charge in [-0.3, -0.25) is 24.0 Å². The Balaban J connectivity index is 1.58. The summed E-state index contributed by atoms with van der Waals surface area (Å²) in [5, 5.41) is 36.7. The summed E-state index contributed by atoms with van der Waals surface area (Å²) < 4.78 is 0.